The molecule has 5 heteroatoms. The molecule has 1 unspecified atom stereocenters. The highest BCUT2D eigenvalue weighted by atomic mass is 16.3. The average Bonchev–Trinajstić information content (AvgIpc) is 2.52. The molecule has 0 aromatic heterocycles. The minimum Gasteiger partial charge on any atom is -0.394 e. The molecule has 0 saturated carbocycles. The van der Waals surface area contributed by atoms with Crippen molar-refractivity contribution in [1.82, 2.24) is 5.32 Å². The van der Waals surface area contributed by atoms with Crippen LogP contribution in [0.4, 0.5) is 5.69 Å². The molecule has 0 radical (unpaired) electrons. The molecule has 0 fully saturated rings. The van der Waals surface area contributed by atoms with Crippen LogP contribution in [0.2, 0.25) is 0 Å². The van der Waals surface area contributed by atoms with Gasteiger partial charge in [0.15, 0.2) is 0 Å². The first-order chi connectivity index (χ1) is 9.65. The number of hydrogen-bond acceptors (Lipinski definition) is 4. The number of para-hydroxylation sites is 1. The minimum absolute atomic E-state index is 0.135. The summed E-state index contributed by atoms with van der Waals surface area (Å²) in [6, 6.07) is 7.75. The Bertz CT molecular complexity index is 464. The van der Waals surface area contributed by atoms with Gasteiger partial charge < -0.3 is 20.8 Å². The lowest BCUT2D eigenvalue weighted by molar-refractivity contribution is -0.126. The minimum atomic E-state index is -0.934. The smallest absolute Gasteiger partial charge is 0.228 e. The number of anilines is 1. The van der Waals surface area contributed by atoms with Crippen LogP contribution >= 0.6 is 0 Å². The van der Waals surface area contributed by atoms with Gasteiger partial charge in [0.2, 0.25) is 5.91 Å². The van der Waals surface area contributed by atoms with Gasteiger partial charge in [0.25, 0.3) is 0 Å². The van der Waals surface area contributed by atoms with Gasteiger partial charge in [-0.3, -0.25) is 4.79 Å². The quantitative estimate of drug-likeness (QED) is 0.643. The first-order valence-electron chi connectivity index (χ1n) is 7.02. The maximum Gasteiger partial charge on any atom is 0.228 e. The number of aliphatic hydroxyl groups excluding tert-OH is 2. The predicted molar refractivity (Wildman–Crippen MR) is 77.6 cm³/mol. The monoisotopic (exact) mass is 278 g/mol. The summed E-state index contributed by atoms with van der Waals surface area (Å²) >= 11 is 0. The van der Waals surface area contributed by atoms with Gasteiger partial charge in [0.05, 0.1) is 24.7 Å². The SMILES string of the molecule is CCC(CO)(CO)NC(=O)C1CCNc2ccccc21. The van der Waals surface area contributed by atoms with Crippen molar-refractivity contribution in [2.45, 2.75) is 31.2 Å². The Hall–Kier alpha value is -1.59. The second-order valence-electron chi connectivity index (χ2n) is 5.29. The topological polar surface area (TPSA) is 81.6 Å². The van der Waals surface area contributed by atoms with Crippen molar-refractivity contribution < 1.29 is 15.0 Å². The van der Waals surface area contributed by atoms with Crippen molar-refractivity contribution >= 4 is 11.6 Å². The van der Waals surface area contributed by atoms with Crippen molar-refractivity contribution in [3.05, 3.63) is 29.8 Å². The molecular formula is C15H22N2O3. The predicted octanol–water partition coefficient (Wildman–Crippen LogP) is 0.835. The van der Waals surface area contributed by atoms with E-state index in [2.05, 4.69) is 10.6 Å². The first-order valence-corrected chi connectivity index (χ1v) is 7.02. The van der Waals surface area contributed by atoms with E-state index >= 15 is 0 Å². The Morgan fingerprint density at radius 1 is 1.40 bits per heavy atom. The van der Waals surface area contributed by atoms with Crippen LogP contribution in [0.1, 0.15) is 31.2 Å². The molecule has 0 spiro atoms. The zero-order chi connectivity index (χ0) is 14.6. The van der Waals surface area contributed by atoms with E-state index in [-0.39, 0.29) is 25.0 Å². The Balaban J connectivity index is 2.19. The summed E-state index contributed by atoms with van der Waals surface area (Å²) in [5.74, 6) is -0.375. The molecular weight excluding hydrogens is 256 g/mol. The van der Waals surface area contributed by atoms with E-state index in [0.29, 0.717) is 12.8 Å². The van der Waals surface area contributed by atoms with Gasteiger partial charge in [-0.05, 0) is 24.5 Å². The maximum atomic E-state index is 12.5. The Morgan fingerprint density at radius 2 is 2.10 bits per heavy atom. The van der Waals surface area contributed by atoms with Crippen molar-refractivity contribution in [3.63, 3.8) is 0 Å². The van der Waals surface area contributed by atoms with E-state index in [1.165, 1.54) is 0 Å². The summed E-state index contributed by atoms with van der Waals surface area (Å²) in [7, 11) is 0. The number of fused-ring (bicyclic) bond motifs is 1. The average molecular weight is 278 g/mol. The van der Waals surface area contributed by atoms with E-state index in [1.807, 2.05) is 31.2 Å². The number of nitrogens with one attached hydrogen (secondary N) is 2. The molecule has 1 aromatic rings. The van der Waals surface area contributed by atoms with E-state index in [4.69, 9.17) is 0 Å². The van der Waals surface area contributed by atoms with Gasteiger partial charge in [-0.1, -0.05) is 25.1 Å². The zero-order valence-corrected chi connectivity index (χ0v) is 11.7. The molecule has 4 N–H and O–H groups in total. The summed E-state index contributed by atoms with van der Waals surface area (Å²) < 4.78 is 0. The zero-order valence-electron chi connectivity index (χ0n) is 11.7. The lowest BCUT2D eigenvalue weighted by Gasteiger charge is -2.33. The highest BCUT2D eigenvalue weighted by Gasteiger charge is 2.33. The highest BCUT2D eigenvalue weighted by Crippen LogP contribution is 2.31. The van der Waals surface area contributed by atoms with Gasteiger partial charge in [0, 0.05) is 12.2 Å². The molecule has 1 aliphatic heterocycles. The molecule has 0 aliphatic carbocycles. The van der Waals surface area contributed by atoms with E-state index in [0.717, 1.165) is 17.8 Å². The first kappa shape index (κ1) is 14.8. The van der Waals surface area contributed by atoms with Gasteiger partial charge >= 0.3 is 0 Å². The third-order valence-corrected chi connectivity index (χ3v) is 4.07. The van der Waals surface area contributed by atoms with Crippen LogP contribution in [-0.2, 0) is 4.79 Å². The fraction of sp³-hybridized carbons (Fsp3) is 0.533. The molecule has 1 aromatic carbocycles. The second-order valence-corrected chi connectivity index (χ2v) is 5.29. The number of benzene rings is 1. The number of aliphatic hydroxyl groups is 2. The highest BCUT2D eigenvalue weighted by molar-refractivity contribution is 5.86. The van der Waals surface area contributed by atoms with Crippen LogP contribution in [0.25, 0.3) is 0 Å². The summed E-state index contributed by atoms with van der Waals surface area (Å²) in [4.78, 5) is 12.5. The normalized spacial score (nSPS) is 18.1. The fourth-order valence-corrected chi connectivity index (χ4v) is 2.53. The Labute approximate surface area is 119 Å². The largest absolute Gasteiger partial charge is 0.394 e. The van der Waals surface area contributed by atoms with E-state index < -0.39 is 5.54 Å². The van der Waals surface area contributed by atoms with Gasteiger partial charge in [0.1, 0.15) is 0 Å². The van der Waals surface area contributed by atoms with Crippen molar-refractivity contribution in [2.24, 2.45) is 0 Å². The fourth-order valence-electron chi connectivity index (χ4n) is 2.53. The third-order valence-electron chi connectivity index (χ3n) is 4.07. The van der Waals surface area contributed by atoms with Crippen LogP contribution < -0.4 is 10.6 Å². The summed E-state index contributed by atoms with van der Waals surface area (Å²) in [6.45, 7) is 2.05. The van der Waals surface area contributed by atoms with E-state index in [9.17, 15) is 15.0 Å². The molecule has 1 heterocycles. The summed E-state index contributed by atoms with van der Waals surface area (Å²) in [5.41, 5.74) is 1.02. The molecule has 0 bridgehead atoms. The third kappa shape index (κ3) is 2.78. The molecule has 0 saturated heterocycles. The van der Waals surface area contributed by atoms with Crippen molar-refractivity contribution in [2.75, 3.05) is 25.1 Å². The Kier molecular flexibility index (Phi) is 4.62. The molecule has 110 valence electrons. The van der Waals surface area contributed by atoms with E-state index in [1.54, 1.807) is 0 Å². The molecule has 1 atom stereocenters. The van der Waals surface area contributed by atoms with Gasteiger partial charge in [-0.2, -0.15) is 0 Å². The molecule has 1 amide bonds. The lowest BCUT2D eigenvalue weighted by atomic mass is 9.88. The Morgan fingerprint density at radius 3 is 2.75 bits per heavy atom. The maximum absolute atomic E-state index is 12.5. The number of carbonyl (C=O) groups is 1. The molecule has 20 heavy (non-hydrogen) atoms. The summed E-state index contributed by atoms with van der Waals surface area (Å²) in [5, 5.41) is 25.0. The number of amides is 1. The second kappa shape index (κ2) is 6.24. The lowest BCUT2D eigenvalue weighted by Crippen LogP contribution is -2.55. The molecule has 2 rings (SSSR count). The van der Waals surface area contributed by atoms with Crippen molar-refractivity contribution in [3.8, 4) is 0 Å². The molecule has 1 aliphatic rings. The van der Waals surface area contributed by atoms with Gasteiger partial charge in [-0.25, -0.2) is 0 Å². The standard InChI is InChI=1S/C15H22N2O3/c1-2-15(9-18,10-19)17-14(20)12-7-8-16-13-6-4-3-5-11(12)13/h3-6,12,16,18-19H,2,7-10H2,1H3,(H,17,20). The molecule has 5 nitrogen and oxygen atoms in total. The van der Waals surface area contributed by atoms with Crippen LogP contribution in [0.3, 0.4) is 0 Å². The number of hydrogen-bond donors (Lipinski definition) is 4. The van der Waals surface area contributed by atoms with Gasteiger partial charge in [-0.15, -0.1) is 0 Å². The number of rotatable bonds is 5. The van der Waals surface area contributed by atoms with Crippen LogP contribution in [0.5, 0.6) is 0 Å². The number of carbonyl (C=O) groups excluding carboxylic acids is 1. The van der Waals surface area contributed by atoms with Crippen LogP contribution in [-0.4, -0.2) is 41.4 Å². The van der Waals surface area contributed by atoms with Crippen LogP contribution in [0, 0.1) is 0 Å². The van der Waals surface area contributed by atoms with Crippen molar-refractivity contribution in [1.29, 1.82) is 0 Å². The van der Waals surface area contributed by atoms with Crippen LogP contribution in [0.15, 0.2) is 24.3 Å². The summed E-state index contributed by atoms with van der Waals surface area (Å²) in [6.07, 6.45) is 1.19.